The van der Waals surface area contributed by atoms with Gasteiger partial charge in [-0.3, -0.25) is 0 Å². The molecule has 17 heavy (non-hydrogen) atoms. The van der Waals surface area contributed by atoms with Gasteiger partial charge in [0.2, 0.25) is 5.91 Å². The third kappa shape index (κ3) is 2.95. The van der Waals surface area contributed by atoms with Crippen molar-refractivity contribution in [3.8, 4) is 0 Å². The second kappa shape index (κ2) is 4.78. The van der Waals surface area contributed by atoms with E-state index in [4.69, 9.17) is 0 Å². The molecule has 2 heterocycles. The average molecular weight is 251 g/mol. The van der Waals surface area contributed by atoms with Gasteiger partial charge in [0.1, 0.15) is 0 Å². The van der Waals surface area contributed by atoms with Gasteiger partial charge in [0.05, 0.1) is 0 Å². The molecule has 2 atom stereocenters. The van der Waals surface area contributed by atoms with Gasteiger partial charge in [0.25, 0.3) is 5.91 Å². The molecular formula is C11H22FNO4. The van der Waals surface area contributed by atoms with E-state index in [1.165, 1.54) is 0 Å². The molecular weight excluding hydrogens is 229 g/mol. The Balaban J connectivity index is 0.000000317. The van der Waals surface area contributed by atoms with Crippen LogP contribution in [0.3, 0.4) is 0 Å². The second-order valence-corrected chi connectivity index (χ2v) is 5.46. The molecule has 6 heteroatoms. The number of rotatable bonds is 0. The monoisotopic (exact) mass is 251 g/mol. The summed E-state index contributed by atoms with van der Waals surface area (Å²) in [6.45, 7) is 6.50. The lowest BCUT2D eigenvalue weighted by atomic mass is 10.1. The fourth-order valence-electron chi connectivity index (χ4n) is 2.21. The zero-order valence-electron chi connectivity index (χ0n) is 10.5. The molecule has 2 saturated heterocycles. The van der Waals surface area contributed by atoms with Crippen LogP contribution in [0.4, 0.5) is 4.39 Å². The zero-order valence-corrected chi connectivity index (χ0v) is 10.5. The second-order valence-electron chi connectivity index (χ2n) is 5.46. The number of alkyl halides is 1. The highest BCUT2D eigenvalue weighted by Crippen LogP contribution is 2.44. The van der Waals surface area contributed by atoms with Crippen LogP contribution < -0.4 is 0 Å². The van der Waals surface area contributed by atoms with E-state index in [0.29, 0.717) is 11.3 Å². The molecule has 0 aliphatic carbocycles. The molecule has 2 fully saturated rings. The van der Waals surface area contributed by atoms with Crippen LogP contribution in [-0.4, -0.2) is 49.4 Å². The molecule has 0 spiro atoms. The first-order valence-electron chi connectivity index (χ1n) is 5.92. The van der Waals surface area contributed by atoms with Gasteiger partial charge in [-0.25, -0.2) is 4.39 Å². The standard InChI is InChI=1S/C7H12FNO4.C4H10/c8-5-3-4-1-2-6(10,11)9(4)7(5,12)13;1-4(2)3/h4-5,10-13H,1-3H2;4H,1-3H3. The Hall–Kier alpha value is -0.270. The van der Waals surface area contributed by atoms with E-state index in [2.05, 4.69) is 20.8 Å². The van der Waals surface area contributed by atoms with Crippen LogP contribution in [0, 0.1) is 5.92 Å². The summed E-state index contributed by atoms with van der Waals surface area (Å²) < 4.78 is 13.0. The van der Waals surface area contributed by atoms with E-state index < -0.39 is 24.0 Å². The van der Waals surface area contributed by atoms with Crippen molar-refractivity contribution in [2.75, 3.05) is 0 Å². The summed E-state index contributed by atoms with van der Waals surface area (Å²) in [5.74, 6) is -4.21. The Bertz CT molecular complexity index is 267. The number of hydrogen-bond acceptors (Lipinski definition) is 5. The molecule has 2 unspecified atom stereocenters. The molecule has 0 aromatic carbocycles. The zero-order chi connectivity index (χ0) is 13.4. The molecule has 0 bridgehead atoms. The van der Waals surface area contributed by atoms with Gasteiger partial charge in [-0.05, 0) is 12.3 Å². The smallest absolute Gasteiger partial charge is 0.262 e. The number of nitrogens with zero attached hydrogens (tertiary/aromatic N) is 1. The predicted molar refractivity (Wildman–Crippen MR) is 59.2 cm³/mol. The topological polar surface area (TPSA) is 84.2 Å². The van der Waals surface area contributed by atoms with Crippen LogP contribution in [0.1, 0.15) is 40.0 Å². The number of halogens is 1. The summed E-state index contributed by atoms with van der Waals surface area (Å²) in [5.41, 5.74) is 0. The largest absolute Gasteiger partial charge is 0.353 e. The fraction of sp³-hybridized carbons (Fsp3) is 1.00. The molecule has 0 aromatic rings. The number of fused-ring (bicyclic) bond motifs is 1. The first-order chi connectivity index (χ1) is 7.59. The molecule has 0 saturated carbocycles. The van der Waals surface area contributed by atoms with Crippen molar-refractivity contribution >= 4 is 0 Å². The Morgan fingerprint density at radius 1 is 1.18 bits per heavy atom. The van der Waals surface area contributed by atoms with Crippen molar-refractivity contribution in [2.45, 2.75) is 64.1 Å². The number of aliphatic hydroxyl groups is 4. The Morgan fingerprint density at radius 3 is 2.06 bits per heavy atom. The molecule has 5 nitrogen and oxygen atoms in total. The van der Waals surface area contributed by atoms with Crippen molar-refractivity contribution in [3.63, 3.8) is 0 Å². The van der Waals surface area contributed by atoms with Gasteiger partial charge in [0.15, 0.2) is 6.17 Å². The molecule has 2 rings (SSSR count). The first-order valence-corrected chi connectivity index (χ1v) is 5.92. The third-order valence-corrected chi connectivity index (χ3v) is 2.82. The maximum atomic E-state index is 13.0. The van der Waals surface area contributed by atoms with Gasteiger partial charge in [0, 0.05) is 18.9 Å². The molecule has 0 radical (unpaired) electrons. The van der Waals surface area contributed by atoms with Crippen LogP contribution in [0.5, 0.6) is 0 Å². The summed E-state index contributed by atoms with van der Waals surface area (Å²) in [7, 11) is 0. The molecule has 2 aliphatic rings. The molecule has 0 aromatic heterocycles. The van der Waals surface area contributed by atoms with Gasteiger partial charge >= 0.3 is 0 Å². The quantitative estimate of drug-likeness (QED) is 0.460. The van der Waals surface area contributed by atoms with Crippen LogP contribution in [-0.2, 0) is 0 Å². The Kier molecular flexibility index (Phi) is 4.16. The van der Waals surface area contributed by atoms with Crippen LogP contribution in [0.2, 0.25) is 0 Å². The summed E-state index contributed by atoms with van der Waals surface area (Å²) in [6.07, 6.45) is -1.56. The molecule has 2 aliphatic heterocycles. The first kappa shape index (κ1) is 14.8. The van der Waals surface area contributed by atoms with Crippen molar-refractivity contribution in [1.29, 1.82) is 0 Å². The lowest BCUT2D eigenvalue weighted by Crippen LogP contribution is -2.59. The maximum Gasteiger partial charge on any atom is 0.262 e. The van der Waals surface area contributed by atoms with Gasteiger partial charge in [-0.15, -0.1) is 0 Å². The van der Waals surface area contributed by atoms with Gasteiger partial charge in [-0.2, -0.15) is 4.90 Å². The molecule has 102 valence electrons. The van der Waals surface area contributed by atoms with E-state index in [0.717, 1.165) is 5.92 Å². The van der Waals surface area contributed by atoms with Crippen LogP contribution >= 0.6 is 0 Å². The van der Waals surface area contributed by atoms with E-state index in [-0.39, 0.29) is 12.8 Å². The summed E-state index contributed by atoms with van der Waals surface area (Å²) in [4.78, 5) is 0.630. The van der Waals surface area contributed by atoms with Crippen molar-refractivity contribution in [2.24, 2.45) is 5.92 Å². The normalized spacial score (nSPS) is 34.4. The maximum absolute atomic E-state index is 13.0. The van der Waals surface area contributed by atoms with E-state index in [1.54, 1.807) is 0 Å². The minimum atomic E-state index is -2.75. The lowest BCUT2D eigenvalue weighted by molar-refractivity contribution is -0.373. The summed E-state index contributed by atoms with van der Waals surface area (Å²) in [5, 5.41) is 37.1. The Morgan fingerprint density at radius 2 is 1.65 bits per heavy atom. The highest BCUT2D eigenvalue weighted by molar-refractivity contribution is 5.00. The minimum absolute atomic E-state index is 0.00720. The SMILES string of the molecule is CC(C)C.OC1(O)CCC2CC(F)C(O)(O)N21. The summed E-state index contributed by atoms with van der Waals surface area (Å²) in [6, 6.07) is -0.500. The molecule has 0 amide bonds. The number of hydrogen-bond donors (Lipinski definition) is 4. The molecule has 4 N–H and O–H groups in total. The van der Waals surface area contributed by atoms with E-state index in [9.17, 15) is 24.8 Å². The van der Waals surface area contributed by atoms with Crippen LogP contribution in [0.25, 0.3) is 0 Å². The van der Waals surface area contributed by atoms with Crippen molar-refractivity contribution < 1.29 is 24.8 Å². The predicted octanol–water partition coefficient (Wildman–Crippen LogP) is 0.132. The minimum Gasteiger partial charge on any atom is -0.353 e. The van der Waals surface area contributed by atoms with Crippen molar-refractivity contribution in [1.82, 2.24) is 4.90 Å². The van der Waals surface area contributed by atoms with Gasteiger partial charge in [-0.1, -0.05) is 20.8 Å². The van der Waals surface area contributed by atoms with Gasteiger partial charge < -0.3 is 20.4 Å². The lowest BCUT2D eigenvalue weighted by Gasteiger charge is -2.35. The van der Waals surface area contributed by atoms with Crippen molar-refractivity contribution in [3.05, 3.63) is 0 Å². The fourth-order valence-corrected chi connectivity index (χ4v) is 2.21. The Labute approximate surface area is 100 Å². The average Bonchev–Trinajstić information content (AvgIpc) is 2.51. The highest BCUT2D eigenvalue weighted by atomic mass is 19.1. The third-order valence-electron chi connectivity index (χ3n) is 2.82. The van der Waals surface area contributed by atoms with E-state index >= 15 is 0 Å². The van der Waals surface area contributed by atoms with E-state index in [1.807, 2.05) is 0 Å². The van der Waals surface area contributed by atoms with Crippen LogP contribution in [0.15, 0.2) is 0 Å². The highest BCUT2D eigenvalue weighted by Gasteiger charge is 2.62. The summed E-state index contributed by atoms with van der Waals surface area (Å²) >= 11 is 0.